The lowest BCUT2D eigenvalue weighted by molar-refractivity contribution is 0.0785. The molecule has 0 saturated carbocycles. The summed E-state index contributed by atoms with van der Waals surface area (Å²) in [6.07, 6.45) is 2.02. The van der Waals surface area contributed by atoms with Gasteiger partial charge in [-0.3, -0.25) is 4.79 Å². The van der Waals surface area contributed by atoms with Crippen LogP contribution in [0.5, 0.6) is 0 Å². The zero-order chi connectivity index (χ0) is 14.5. The van der Waals surface area contributed by atoms with Crippen molar-refractivity contribution in [3.8, 4) is 0 Å². The van der Waals surface area contributed by atoms with E-state index in [1.807, 2.05) is 61.8 Å². The first-order valence-electron chi connectivity index (χ1n) is 6.24. The first-order valence-corrected chi connectivity index (χ1v) is 8.26. The van der Waals surface area contributed by atoms with Gasteiger partial charge in [-0.25, -0.2) is 0 Å². The summed E-state index contributed by atoms with van der Waals surface area (Å²) in [4.78, 5) is 15.3. The minimum atomic E-state index is 0.0356. The molecule has 0 aliphatic heterocycles. The average Bonchev–Trinajstić information content (AvgIpc) is 2.49. The number of carbonyl (C=O) groups is 1. The van der Waals surface area contributed by atoms with E-state index in [1.54, 1.807) is 16.7 Å². The Morgan fingerprint density at radius 1 is 1.15 bits per heavy atom. The Morgan fingerprint density at radius 3 is 2.40 bits per heavy atom. The molecule has 0 radical (unpaired) electrons. The predicted molar refractivity (Wildman–Crippen MR) is 88.2 cm³/mol. The van der Waals surface area contributed by atoms with Crippen molar-refractivity contribution in [2.75, 3.05) is 13.3 Å². The minimum absolute atomic E-state index is 0.0356. The zero-order valence-electron chi connectivity index (χ0n) is 11.5. The average molecular weight is 350 g/mol. The second-order valence-corrected chi connectivity index (χ2v) is 6.22. The summed E-state index contributed by atoms with van der Waals surface area (Å²) in [6, 6.07) is 15.7. The molecule has 2 aromatic carbocycles. The maximum absolute atomic E-state index is 12.4. The smallest absolute Gasteiger partial charge is 0.253 e. The number of amides is 1. The maximum Gasteiger partial charge on any atom is 0.253 e. The highest BCUT2D eigenvalue weighted by atomic mass is 79.9. The van der Waals surface area contributed by atoms with Gasteiger partial charge in [-0.05, 0) is 42.2 Å². The van der Waals surface area contributed by atoms with E-state index in [0.29, 0.717) is 6.54 Å². The van der Waals surface area contributed by atoms with Crippen LogP contribution in [0, 0.1) is 0 Å². The van der Waals surface area contributed by atoms with Gasteiger partial charge in [0, 0.05) is 28.5 Å². The van der Waals surface area contributed by atoms with Gasteiger partial charge in [0.2, 0.25) is 0 Å². The Labute approximate surface area is 132 Å². The van der Waals surface area contributed by atoms with Gasteiger partial charge in [0.25, 0.3) is 5.91 Å². The number of benzene rings is 2. The fourth-order valence-corrected chi connectivity index (χ4v) is 2.73. The van der Waals surface area contributed by atoms with Gasteiger partial charge in [-0.2, -0.15) is 0 Å². The molecule has 0 aliphatic carbocycles. The molecule has 0 saturated heterocycles. The lowest BCUT2D eigenvalue weighted by Gasteiger charge is -2.18. The molecule has 0 unspecified atom stereocenters. The summed E-state index contributed by atoms with van der Waals surface area (Å²) in [5, 5.41) is 0. The van der Waals surface area contributed by atoms with E-state index in [9.17, 15) is 4.79 Å². The van der Waals surface area contributed by atoms with E-state index in [2.05, 4.69) is 15.9 Å². The number of halogens is 1. The number of nitrogens with zero attached hydrogens (tertiary/aromatic N) is 1. The van der Waals surface area contributed by atoms with Crippen molar-refractivity contribution < 1.29 is 4.79 Å². The Balaban J connectivity index is 2.10. The summed E-state index contributed by atoms with van der Waals surface area (Å²) in [5.41, 5.74) is 1.82. The monoisotopic (exact) mass is 349 g/mol. The molecule has 20 heavy (non-hydrogen) atoms. The standard InChI is InChI=1S/C16H16BrNOS/c1-18(11-13-5-3-4-6-15(13)17)16(19)12-7-9-14(20-2)10-8-12/h3-10H,11H2,1-2H3. The van der Waals surface area contributed by atoms with Gasteiger partial charge in [0.15, 0.2) is 0 Å². The summed E-state index contributed by atoms with van der Waals surface area (Å²) in [7, 11) is 1.82. The molecule has 2 aromatic rings. The third kappa shape index (κ3) is 3.64. The van der Waals surface area contributed by atoms with Crippen LogP contribution in [0.2, 0.25) is 0 Å². The lowest BCUT2D eigenvalue weighted by Crippen LogP contribution is -2.26. The molecule has 104 valence electrons. The highest BCUT2D eigenvalue weighted by Crippen LogP contribution is 2.19. The van der Waals surface area contributed by atoms with Crippen LogP contribution < -0.4 is 0 Å². The van der Waals surface area contributed by atoms with E-state index in [-0.39, 0.29) is 5.91 Å². The highest BCUT2D eigenvalue weighted by molar-refractivity contribution is 9.10. The molecule has 2 rings (SSSR count). The number of thioether (sulfide) groups is 1. The second-order valence-electron chi connectivity index (χ2n) is 4.48. The van der Waals surface area contributed by atoms with E-state index >= 15 is 0 Å². The van der Waals surface area contributed by atoms with E-state index < -0.39 is 0 Å². The number of hydrogen-bond acceptors (Lipinski definition) is 2. The molecule has 1 amide bonds. The highest BCUT2D eigenvalue weighted by Gasteiger charge is 2.12. The summed E-state index contributed by atoms with van der Waals surface area (Å²) >= 11 is 5.18. The molecule has 0 N–H and O–H groups in total. The first kappa shape index (κ1) is 15.1. The largest absolute Gasteiger partial charge is 0.337 e. The Kier molecular flexibility index (Phi) is 5.26. The van der Waals surface area contributed by atoms with Crippen molar-refractivity contribution in [2.24, 2.45) is 0 Å². The van der Waals surface area contributed by atoms with Crippen LogP contribution in [-0.4, -0.2) is 24.1 Å². The summed E-state index contributed by atoms with van der Waals surface area (Å²) in [6.45, 7) is 0.588. The zero-order valence-corrected chi connectivity index (χ0v) is 13.9. The Morgan fingerprint density at radius 2 is 1.80 bits per heavy atom. The van der Waals surface area contributed by atoms with Crippen LogP contribution in [0.4, 0.5) is 0 Å². The Bertz CT molecular complexity index is 598. The summed E-state index contributed by atoms with van der Waals surface area (Å²) < 4.78 is 1.03. The van der Waals surface area contributed by atoms with Crippen molar-refractivity contribution in [3.63, 3.8) is 0 Å². The molecule has 0 fully saturated rings. The number of hydrogen-bond donors (Lipinski definition) is 0. The second kappa shape index (κ2) is 6.95. The van der Waals surface area contributed by atoms with Crippen LogP contribution in [0.25, 0.3) is 0 Å². The first-order chi connectivity index (χ1) is 9.61. The fourth-order valence-electron chi connectivity index (χ4n) is 1.91. The summed E-state index contributed by atoms with van der Waals surface area (Å²) in [5.74, 6) is 0.0356. The van der Waals surface area contributed by atoms with Crippen molar-refractivity contribution in [2.45, 2.75) is 11.4 Å². The van der Waals surface area contributed by atoms with Crippen molar-refractivity contribution in [1.29, 1.82) is 0 Å². The minimum Gasteiger partial charge on any atom is -0.337 e. The van der Waals surface area contributed by atoms with Crippen LogP contribution in [0.15, 0.2) is 57.9 Å². The van der Waals surface area contributed by atoms with Crippen LogP contribution in [0.3, 0.4) is 0 Å². The van der Waals surface area contributed by atoms with Crippen molar-refractivity contribution in [1.82, 2.24) is 4.90 Å². The topological polar surface area (TPSA) is 20.3 Å². The van der Waals surface area contributed by atoms with Gasteiger partial charge in [0.1, 0.15) is 0 Å². The Hall–Kier alpha value is -1.26. The molecular formula is C16H16BrNOS. The van der Waals surface area contributed by atoms with Crippen molar-refractivity contribution in [3.05, 3.63) is 64.1 Å². The molecule has 2 nitrogen and oxygen atoms in total. The van der Waals surface area contributed by atoms with Crippen molar-refractivity contribution >= 4 is 33.6 Å². The van der Waals surface area contributed by atoms with Crippen LogP contribution in [-0.2, 0) is 6.54 Å². The van der Waals surface area contributed by atoms with Crippen LogP contribution in [0.1, 0.15) is 15.9 Å². The molecule has 0 aromatic heterocycles. The number of carbonyl (C=O) groups excluding carboxylic acids is 1. The maximum atomic E-state index is 12.4. The van der Waals surface area contributed by atoms with Gasteiger partial charge < -0.3 is 4.90 Å². The van der Waals surface area contributed by atoms with Crippen LogP contribution >= 0.6 is 27.7 Å². The van der Waals surface area contributed by atoms with Gasteiger partial charge in [0.05, 0.1) is 0 Å². The molecule has 0 spiro atoms. The quantitative estimate of drug-likeness (QED) is 0.760. The normalized spacial score (nSPS) is 10.3. The third-order valence-electron chi connectivity index (χ3n) is 3.05. The van der Waals surface area contributed by atoms with Gasteiger partial charge in [-0.1, -0.05) is 34.1 Å². The molecule has 4 heteroatoms. The fraction of sp³-hybridized carbons (Fsp3) is 0.188. The molecule has 0 bridgehead atoms. The van der Waals surface area contributed by atoms with Gasteiger partial charge >= 0.3 is 0 Å². The van der Waals surface area contributed by atoms with E-state index in [0.717, 1.165) is 20.5 Å². The SMILES string of the molecule is CSc1ccc(C(=O)N(C)Cc2ccccc2Br)cc1. The third-order valence-corrected chi connectivity index (χ3v) is 4.57. The lowest BCUT2D eigenvalue weighted by atomic mass is 10.1. The van der Waals surface area contributed by atoms with E-state index in [4.69, 9.17) is 0 Å². The molecule has 0 heterocycles. The van der Waals surface area contributed by atoms with Gasteiger partial charge in [-0.15, -0.1) is 11.8 Å². The number of rotatable bonds is 4. The predicted octanol–water partition coefficient (Wildman–Crippen LogP) is 4.44. The molecule has 0 atom stereocenters. The van der Waals surface area contributed by atoms with E-state index in [1.165, 1.54) is 0 Å². The molecule has 0 aliphatic rings. The molecular weight excluding hydrogens is 334 g/mol.